The molecule has 0 aliphatic carbocycles. The van der Waals surface area contributed by atoms with Crippen LogP contribution in [0, 0.1) is 0 Å². The number of para-hydroxylation sites is 1. The lowest BCUT2D eigenvalue weighted by Crippen LogP contribution is -2.37. The van der Waals surface area contributed by atoms with Gasteiger partial charge in [-0.25, -0.2) is 4.99 Å². The van der Waals surface area contributed by atoms with E-state index in [1.165, 1.54) is 5.01 Å². The number of carbonyl (C=O) groups is 1. The number of hydrazine groups is 1. The molecule has 0 unspecified atom stereocenters. The standard InChI is InChI=1S/C22H16BrN3O/c23-18-13-11-16(12-14-18)15-20-22(27)26(25-19-9-5-2-6-10-19)21(24-20)17-7-3-1-4-8-17/h1-15,25H/b20-15-. The molecule has 4 nitrogen and oxygen atoms in total. The first-order valence-electron chi connectivity index (χ1n) is 8.48. The number of halogens is 1. The lowest BCUT2D eigenvalue weighted by molar-refractivity contribution is -0.121. The van der Waals surface area contributed by atoms with Gasteiger partial charge in [-0.1, -0.05) is 76.6 Å². The van der Waals surface area contributed by atoms with Gasteiger partial charge in [-0.15, -0.1) is 0 Å². The van der Waals surface area contributed by atoms with E-state index in [1.807, 2.05) is 84.9 Å². The number of nitrogens with one attached hydrogen (secondary N) is 1. The largest absolute Gasteiger partial charge is 0.297 e. The molecule has 0 saturated carbocycles. The lowest BCUT2D eigenvalue weighted by atomic mass is 10.2. The molecule has 0 bridgehead atoms. The number of rotatable bonds is 4. The molecule has 3 aromatic rings. The van der Waals surface area contributed by atoms with Crippen LogP contribution in [-0.4, -0.2) is 16.8 Å². The van der Waals surface area contributed by atoms with Gasteiger partial charge in [0.25, 0.3) is 5.91 Å². The van der Waals surface area contributed by atoms with Gasteiger partial charge < -0.3 is 0 Å². The number of hydrogen-bond donors (Lipinski definition) is 1. The van der Waals surface area contributed by atoms with E-state index in [4.69, 9.17) is 0 Å². The Morgan fingerprint density at radius 3 is 2.15 bits per heavy atom. The molecule has 0 atom stereocenters. The average molecular weight is 418 g/mol. The zero-order chi connectivity index (χ0) is 18.6. The predicted octanol–water partition coefficient (Wildman–Crippen LogP) is 5.11. The van der Waals surface area contributed by atoms with Crippen LogP contribution < -0.4 is 5.43 Å². The van der Waals surface area contributed by atoms with Crippen LogP contribution in [0.25, 0.3) is 6.08 Å². The molecule has 3 aromatic carbocycles. The highest BCUT2D eigenvalue weighted by molar-refractivity contribution is 9.10. The third-order valence-corrected chi connectivity index (χ3v) is 4.61. The van der Waals surface area contributed by atoms with Crippen LogP contribution in [0.4, 0.5) is 5.69 Å². The van der Waals surface area contributed by atoms with Crippen molar-refractivity contribution < 1.29 is 4.79 Å². The highest BCUT2D eigenvalue weighted by Crippen LogP contribution is 2.23. The van der Waals surface area contributed by atoms with Crippen LogP contribution in [0.15, 0.2) is 100 Å². The van der Waals surface area contributed by atoms with Crippen LogP contribution in [0.5, 0.6) is 0 Å². The topological polar surface area (TPSA) is 44.7 Å². The van der Waals surface area contributed by atoms with Crippen LogP contribution in [0.1, 0.15) is 11.1 Å². The van der Waals surface area contributed by atoms with Gasteiger partial charge in [0.1, 0.15) is 5.70 Å². The van der Waals surface area contributed by atoms with Gasteiger partial charge in [-0.2, -0.15) is 5.01 Å². The summed E-state index contributed by atoms with van der Waals surface area (Å²) in [6.45, 7) is 0. The van der Waals surface area contributed by atoms with Gasteiger partial charge in [0, 0.05) is 10.0 Å². The Morgan fingerprint density at radius 1 is 0.852 bits per heavy atom. The van der Waals surface area contributed by atoms with Crippen LogP contribution in [-0.2, 0) is 4.79 Å². The highest BCUT2D eigenvalue weighted by atomic mass is 79.9. The maximum Gasteiger partial charge on any atom is 0.297 e. The Balaban J connectivity index is 1.72. The van der Waals surface area contributed by atoms with Crippen molar-refractivity contribution >= 4 is 39.4 Å². The van der Waals surface area contributed by atoms with Crippen molar-refractivity contribution in [3.05, 3.63) is 106 Å². The molecule has 0 radical (unpaired) electrons. The van der Waals surface area contributed by atoms with Gasteiger partial charge in [-0.3, -0.25) is 10.2 Å². The maximum atomic E-state index is 13.0. The fourth-order valence-electron chi connectivity index (χ4n) is 2.76. The third kappa shape index (κ3) is 3.83. The fraction of sp³-hybridized carbons (Fsp3) is 0. The van der Waals surface area contributed by atoms with Gasteiger partial charge in [0.05, 0.1) is 5.69 Å². The van der Waals surface area contributed by atoms with Crippen molar-refractivity contribution in [3.8, 4) is 0 Å². The molecule has 1 heterocycles. The van der Waals surface area contributed by atoms with Crippen molar-refractivity contribution in [2.75, 3.05) is 5.43 Å². The SMILES string of the molecule is O=C1/C(=C/c2ccc(Br)cc2)N=C(c2ccccc2)N1Nc1ccccc1. The molecular formula is C22H16BrN3O. The van der Waals surface area contributed by atoms with Gasteiger partial charge in [0.2, 0.25) is 0 Å². The Hall–Kier alpha value is -3.18. The van der Waals surface area contributed by atoms with Crippen molar-refractivity contribution in [1.82, 2.24) is 5.01 Å². The minimum Gasteiger partial charge on any atom is -0.290 e. The molecule has 0 spiro atoms. The monoisotopic (exact) mass is 417 g/mol. The second-order valence-electron chi connectivity index (χ2n) is 6.00. The van der Waals surface area contributed by atoms with Crippen LogP contribution in [0.2, 0.25) is 0 Å². The van der Waals surface area contributed by atoms with E-state index in [0.29, 0.717) is 11.5 Å². The third-order valence-electron chi connectivity index (χ3n) is 4.08. The van der Waals surface area contributed by atoms with Gasteiger partial charge >= 0.3 is 0 Å². The Morgan fingerprint density at radius 2 is 1.48 bits per heavy atom. The van der Waals surface area contributed by atoms with E-state index < -0.39 is 0 Å². The number of benzene rings is 3. The average Bonchev–Trinajstić information content (AvgIpc) is 3.01. The summed E-state index contributed by atoms with van der Waals surface area (Å²) in [5.74, 6) is 0.383. The van der Waals surface area contributed by atoms with Crippen LogP contribution >= 0.6 is 15.9 Å². The highest BCUT2D eigenvalue weighted by Gasteiger charge is 2.31. The molecule has 0 fully saturated rings. The fourth-order valence-corrected chi connectivity index (χ4v) is 3.02. The molecular weight excluding hydrogens is 402 g/mol. The Bertz CT molecular complexity index is 1010. The molecule has 0 saturated heterocycles. The molecule has 4 rings (SSSR count). The summed E-state index contributed by atoms with van der Waals surface area (Å²) < 4.78 is 0.989. The zero-order valence-electron chi connectivity index (χ0n) is 14.3. The minimum absolute atomic E-state index is 0.194. The predicted molar refractivity (Wildman–Crippen MR) is 112 cm³/mol. The Kier molecular flexibility index (Phi) is 4.85. The molecule has 1 aliphatic rings. The number of anilines is 1. The van der Waals surface area contributed by atoms with E-state index in [-0.39, 0.29) is 5.91 Å². The summed E-state index contributed by atoms with van der Waals surface area (Å²) in [6, 6.07) is 27.0. The zero-order valence-corrected chi connectivity index (χ0v) is 15.9. The molecule has 0 aromatic heterocycles. The number of carbonyl (C=O) groups excluding carboxylic acids is 1. The quantitative estimate of drug-likeness (QED) is 0.599. The van der Waals surface area contributed by atoms with Crippen molar-refractivity contribution in [2.45, 2.75) is 0 Å². The van der Waals surface area contributed by atoms with Gasteiger partial charge in [0.15, 0.2) is 5.84 Å². The summed E-state index contributed by atoms with van der Waals surface area (Å²) in [5.41, 5.74) is 6.16. The summed E-state index contributed by atoms with van der Waals surface area (Å²) in [5, 5.41) is 1.50. The second-order valence-corrected chi connectivity index (χ2v) is 6.92. The summed E-state index contributed by atoms with van der Waals surface area (Å²) in [6.07, 6.45) is 1.80. The summed E-state index contributed by atoms with van der Waals surface area (Å²) in [7, 11) is 0. The first kappa shape index (κ1) is 17.2. The first-order chi connectivity index (χ1) is 13.2. The van der Waals surface area contributed by atoms with Crippen molar-refractivity contribution in [2.24, 2.45) is 4.99 Å². The maximum absolute atomic E-state index is 13.0. The number of nitrogens with zero attached hydrogens (tertiary/aromatic N) is 2. The lowest BCUT2D eigenvalue weighted by Gasteiger charge is -2.20. The minimum atomic E-state index is -0.194. The number of amidine groups is 1. The molecule has 1 N–H and O–H groups in total. The van der Waals surface area contributed by atoms with E-state index in [2.05, 4.69) is 26.3 Å². The second kappa shape index (κ2) is 7.60. The number of hydrogen-bond acceptors (Lipinski definition) is 3. The molecule has 27 heavy (non-hydrogen) atoms. The summed E-state index contributed by atoms with van der Waals surface area (Å²) >= 11 is 3.42. The Labute approximate surface area is 166 Å². The van der Waals surface area contributed by atoms with Crippen molar-refractivity contribution in [1.29, 1.82) is 0 Å². The van der Waals surface area contributed by atoms with Crippen LogP contribution in [0.3, 0.4) is 0 Å². The molecule has 1 amide bonds. The molecule has 132 valence electrons. The first-order valence-corrected chi connectivity index (χ1v) is 9.27. The normalized spacial score (nSPS) is 15.1. The molecule has 1 aliphatic heterocycles. The van der Waals surface area contributed by atoms with E-state index in [0.717, 1.165) is 21.3 Å². The number of amides is 1. The number of aliphatic imine (C=N–C) groups is 1. The smallest absolute Gasteiger partial charge is 0.290 e. The van der Waals surface area contributed by atoms with E-state index in [1.54, 1.807) is 6.08 Å². The van der Waals surface area contributed by atoms with E-state index in [9.17, 15) is 4.79 Å². The summed E-state index contributed by atoms with van der Waals surface area (Å²) in [4.78, 5) is 17.7. The van der Waals surface area contributed by atoms with E-state index >= 15 is 0 Å². The molecule has 5 heteroatoms. The van der Waals surface area contributed by atoms with Crippen molar-refractivity contribution in [3.63, 3.8) is 0 Å². The van der Waals surface area contributed by atoms with Gasteiger partial charge in [-0.05, 0) is 35.9 Å².